The number of pyridine rings is 2. The van der Waals surface area contributed by atoms with E-state index in [1.54, 1.807) is 18.2 Å². The Morgan fingerprint density at radius 1 is 1.12 bits per heavy atom. The van der Waals surface area contributed by atoms with Gasteiger partial charge in [0.25, 0.3) is 0 Å². The molecule has 1 aromatic carbocycles. The summed E-state index contributed by atoms with van der Waals surface area (Å²) in [5.41, 5.74) is 5.93. The number of aromatic nitrogens is 2. The predicted molar refractivity (Wildman–Crippen MR) is 119 cm³/mol. The van der Waals surface area contributed by atoms with E-state index in [1.807, 2.05) is 17.9 Å². The van der Waals surface area contributed by atoms with Crippen molar-refractivity contribution in [2.24, 2.45) is 5.73 Å². The molecule has 3 heterocycles. The van der Waals surface area contributed by atoms with Gasteiger partial charge in [-0.2, -0.15) is 13.2 Å². The van der Waals surface area contributed by atoms with Crippen LogP contribution in [0.2, 0.25) is 5.15 Å². The van der Waals surface area contributed by atoms with E-state index >= 15 is 0 Å². The summed E-state index contributed by atoms with van der Waals surface area (Å²) in [6.07, 6.45) is -3.84. The molecular formula is C23H20ClF3N4O2. The smallest absolute Gasteiger partial charge is 0.378 e. The number of benzene rings is 1. The number of hydrogen-bond donors (Lipinski definition) is 1. The molecule has 0 atom stereocenters. The first-order valence-corrected chi connectivity index (χ1v) is 10.5. The summed E-state index contributed by atoms with van der Waals surface area (Å²) in [6, 6.07) is 9.47. The summed E-state index contributed by atoms with van der Waals surface area (Å²) in [7, 11) is 0. The number of primary amides is 1. The van der Waals surface area contributed by atoms with Crippen LogP contribution in [0.15, 0.2) is 42.6 Å². The van der Waals surface area contributed by atoms with Crippen molar-refractivity contribution in [2.45, 2.75) is 13.1 Å². The largest absolute Gasteiger partial charge is 0.433 e. The Bertz CT molecular complexity index is 1210. The number of anilines is 1. The van der Waals surface area contributed by atoms with E-state index in [0.717, 1.165) is 11.8 Å². The first kappa shape index (κ1) is 23.0. The Kier molecular flexibility index (Phi) is 6.27. The molecule has 4 rings (SSSR count). The summed E-state index contributed by atoms with van der Waals surface area (Å²) in [5, 5.41) is 0.258. The SMILES string of the molecule is Cc1ccc(-c2c(C(N)=O)ccnc2C(F)(F)F)cc1-c1cc(Cl)nc(N2CCOCC2)c1. The van der Waals surface area contributed by atoms with Crippen molar-refractivity contribution in [1.29, 1.82) is 0 Å². The average molecular weight is 477 g/mol. The minimum atomic E-state index is -4.77. The number of ether oxygens (including phenoxy) is 1. The number of rotatable bonds is 4. The number of aryl methyl sites for hydroxylation is 1. The zero-order valence-electron chi connectivity index (χ0n) is 17.6. The Balaban J connectivity index is 1.88. The summed E-state index contributed by atoms with van der Waals surface area (Å²) < 4.78 is 46.6. The minimum absolute atomic E-state index is 0.172. The highest BCUT2D eigenvalue weighted by molar-refractivity contribution is 6.29. The molecule has 10 heteroatoms. The number of amides is 1. The van der Waals surface area contributed by atoms with Gasteiger partial charge in [-0.25, -0.2) is 4.98 Å². The van der Waals surface area contributed by atoms with Gasteiger partial charge in [-0.05, 0) is 53.4 Å². The van der Waals surface area contributed by atoms with Crippen LogP contribution in [-0.4, -0.2) is 42.2 Å². The second-order valence-corrected chi connectivity index (χ2v) is 8.00. The fraction of sp³-hybridized carbons (Fsp3) is 0.261. The lowest BCUT2D eigenvalue weighted by Gasteiger charge is -2.28. The molecule has 1 aliphatic heterocycles. The molecule has 33 heavy (non-hydrogen) atoms. The Hall–Kier alpha value is -3.17. The molecule has 2 N–H and O–H groups in total. The van der Waals surface area contributed by atoms with Crippen LogP contribution in [0.1, 0.15) is 21.6 Å². The molecule has 1 fully saturated rings. The number of carbonyl (C=O) groups excluding carboxylic acids is 1. The Labute approximate surface area is 193 Å². The van der Waals surface area contributed by atoms with E-state index in [1.165, 1.54) is 12.1 Å². The van der Waals surface area contributed by atoms with Gasteiger partial charge in [0.2, 0.25) is 5.91 Å². The van der Waals surface area contributed by atoms with Gasteiger partial charge >= 0.3 is 6.18 Å². The zero-order chi connectivity index (χ0) is 23.8. The predicted octanol–water partition coefficient (Wildman–Crippen LogP) is 4.73. The van der Waals surface area contributed by atoms with E-state index in [-0.39, 0.29) is 21.8 Å². The third-order valence-electron chi connectivity index (χ3n) is 5.44. The van der Waals surface area contributed by atoms with Gasteiger partial charge in [0.05, 0.1) is 18.8 Å². The van der Waals surface area contributed by atoms with Gasteiger partial charge in [-0.15, -0.1) is 0 Å². The summed E-state index contributed by atoms with van der Waals surface area (Å²) in [5.74, 6) is -0.317. The molecule has 0 bridgehead atoms. The third-order valence-corrected chi connectivity index (χ3v) is 5.63. The Morgan fingerprint density at radius 2 is 1.85 bits per heavy atom. The molecule has 1 saturated heterocycles. The van der Waals surface area contributed by atoms with Gasteiger partial charge in [0.1, 0.15) is 11.0 Å². The maximum absolute atomic E-state index is 13.7. The quantitative estimate of drug-likeness (QED) is 0.551. The maximum Gasteiger partial charge on any atom is 0.433 e. The van der Waals surface area contributed by atoms with Crippen LogP contribution in [0.5, 0.6) is 0 Å². The number of hydrogen-bond acceptors (Lipinski definition) is 5. The molecule has 3 aromatic rings. The molecule has 2 aromatic heterocycles. The molecule has 172 valence electrons. The topological polar surface area (TPSA) is 81.3 Å². The first-order chi connectivity index (χ1) is 15.6. The summed E-state index contributed by atoms with van der Waals surface area (Å²) in [6.45, 7) is 4.27. The van der Waals surface area contributed by atoms with Gasteiger partial charge < -0.3 is 15.4 Å². The third kappa shape index (κ3) is 4.79. The van der Waals surface area contributed by atoms with Gasteiger partial charge in [-0.3, -0.25) is 9.78 Å². The van der Waals surface area contributed by atoms with Crippen LogP contribution in [0.25, 0.3) is 22.3 Å². The van der Waals surface area contributed by atoms with Crippen molar-refractivity contribution in [3.63, 3.8) is 0 Å². The second kappa shape index (κ2) is 8.99. The van der Waals surface area contributed by atoms with Crippen LogP contribution in [0.4, 0.5) is 19.0 Å². The van der Waals surface area contributed by atoms with Crippen LogP contribution in [0, 0.1) is 6.92 Å². The minimum Gasteiger partial charge on any atom is -0.378 e. The molecule has 0 spiro atoms. The molecule has 0 radical (unpaired) electrons. The summed E-state index contributed by atoms with van der Waals surface area (Å²) in [4.78, 5) is 21.9. The average Bonchev–Trinajstić information content (AvgIpc) is 2.78. The van der Waals surface area contributed by atoms with Crippen LogP contribution in [0.3, 0.4) is 0 Å². The number of carbonyl (C=O) groups is 1. The van der Waals surface area contributed by atoms with Crippen molar-refractivity contribution in [1.82, 2.24) is 9.97 Å². The molecular weight excluding hydrogens is 457 g/mol. The molecule has 1 amide bonds. The van der Waals surface area contributed by atoms with E-state index in [0.29, 0.717) is 43.2 Å². The molecule has 1 aliphatic rings. The van der Waals surface area contributed by atoms with E-state index in [2.05, 4.69) is 9.97 Å². The number of morpholine rings is 1. The Morgan fingerprint density at radius 3 is 2.52 bits per heavy atom. The number of alkyl halides is 3. The lowest BCUT2D eigenvalue weighted by Crippen LogP contribution is -2.36. The van der Waals surface area contributed by atoms with Gasteiger partial charge in [0, 0.05) is 24.8 Å². The molecule has 0 saturated carbocycles. The van der Waals surface area contributed by atoms with Gasteiger partial charge in [-0.1, -0.05) is 23.7 Å². The highest BCUT2D eigenvalue weighted by Gasteiger charge is 2.37. The van der Waals surface area contributed by atoms with Crippen molar-refractivity contribution >= 4 is 23.3 Å². The van der Waals surface area contributed by atoms with Crippen molar-refractivity contribution in [3.8, 4) is 22.3 Å². The molecule has 6 nitrogen and oxygen atoms in total. The maximum atomic E-state index is 13.7. The van der Waals surface area contributed by atoms with E-state index in [9.17, 15) is 18.0 Å². The highest BCUT2D eigenvalue weighted by atomic mass is 35.5. The second-order valence-electron chi connectivity index (χ2n) is 7.61. The van der Waals surface area contributed by atoms with Crippen LogP contribution >= 0.6 is 11.6 Å². The van der Waals surface area contributed by atoms with Crippen molar-refractivity contribution in [3.05, 3.63) is 64.6 Å². The van der Waals surface area contributed by atoms with Crippen molar-refractivity contribution in [2.75, 3.05) is 31.2 Å². The highest BCUT2D eigenvalue weighted by Crippen LogP contribution is 2.39. The fourth-order valence-corrected chi connectivity index (χ4v) is 4.06. The number of halogens is 4. The standard InChI is InChI=1S/C23H20ClF3N4O2/c1-13-2-3-14(20-16(22(28)32)4-5-29-21(20)23(25,26)27)10-17(13)15-11-18(24)30-19(12-15)31-6-8-33-9-7-31/h2-5,10-12H,6-9H2,1H3,(H2,28,32). The summed E-state index contributed by atoms with van der Waals surface area (Å²) >= 11 is 6.29. The van der Waals surface area contributed by atoms with Gasteiger partial charge in [0.15, 0.2) is 5.69 Å². The van der Waals surface area contributed by atoms with E-state index < -0.39 is 17.8 Å². The lowest BCUT2D eigenvalue weighted by atomic mass is 9.92. The van der Waals surface area contributed by atoms with Crippen LogP contribution < -0.4 is 10.6 Å². The van der Waals surface area contributed by atoms with E-state index in [4.69, 9.17) is 22.1 Å². The lowest BCUT2D eigenvalue weighted by molar-refractivity contribution is -0.140. The molecule has 0 aliphatic carbocycles. The normalized spacial score (nSPS) is 14.4. The monoisotopic (exact) mass is 476 g/mol. The number of nitrogens with two attached hydrogens (primary N) is 1. The molecule has 0 unspecified atom stereocenters. The number of nitrogens with zero attached hydrogens (tertiary/aromatic N) is 3. The zero-order valence-corrected chi connectivity index (χ0v) is 18.4. The van der Waals surface area contributed by atoms with Crippen LogP contribution in [-0.2, 0) is 10.9 Å². The fourth-order valence-electron chi connectivity index (χ4n) is 3.86. The first-order valence-electron chi connectivity index (χ1n) is 10.1. The van der Waals surface area contributed by atoms with Crippen molar-refractivity contribution < 1.29 is 22.7 Å².